The predicted molar refractivity (Wildman–Crippen MR) is 96.2 cm³/mol. The Kier molecular flexibility index (Phi) is 6.32. The molecular weight excluding hydrogens is 361 g/mol. The quantitative estimate of drug-likeness (QED) is 0.683. The molecule has 0 aliphatic rings. The lowest BCUT2D eigenvalue weighted by Crippen LogP contribution is -2.37. The molecule has 2 heterocycles. The van der Waals surface area contributed by atoms with E-state index in [1.165, 1.54) is 12.4 Å². The number of halogens is 3. The topological polar surface area (TPSA) is 91.8 Å². The van der Waals surface area contributed by atoms with Crippen LogP contribution in [0, 0.1) is 6.92 Å². The van der Waals surface area contributed by atoms with Gasteiger partial charge < -0.3 is 16.0 Å². The van der Waals surface area contributed by atoms with Crippen molar-refractivity contribution < 1.29 is 18.0 Å². The van der Waals surface area contributed by atoms with Crippen LogP contribution < -0.4 is 16.0 Å². The maximum atomic E-state index is 12.1. The van der Waals surface area contributed by atoms with Gasteiger partial charge in [0, 0.05) is 24.4 Å². The Morgan fingerprint density at radius 2 is 2.00 bits per heavy atom. The van der Waals surface area contributed by atoms with E-state index in [4.69, 9.17) is 0 Å². The third-order valence-corrected chi connectivity index (χ3v) is 3.45. The predicted octanol–water partition coefficient (Wildman–Crippen LogP) is 2.37. The molecule has 2 aromatic rings. The van der Waals surface area contributed by atoms with Gasteiger partial charge in [-0.2, -0.15) is 13.2 Å². The monoisotopic (exact) mass is 380 g/mol. The van der Waals surface area contributed by atoms with Crippen molar-refractivity contribution in [2.45, 2.75) is 13.1 Å². The third-order valence-electron chi connectivity index (χ3n) is 3.45. The van der Waals surface area contributed by atoms with E-state index in [1.54, 1.807) is 18.6 Å². The largest absolute Gasteiger partial charge is 0.405 e. The molecule has 0 aliphatic carbocycles. The maximum absolute atomic E-state index is 12.1. The Bertz CT molecular complexity index is 838. The number of aromatic nitrogens is 3. The zero-order valence-electron chi connectivity index (χ0n) is 14.8. The van der Waals surface area contributed by atoms with Crippen molar-refractivity contribution in [3.05, 3.63) is 48.1 Å². The van der Waals surface area contributed by atoms with E-state index in [0.717, 1.165) is 11.1 Å². The zero-order valence-corrected chi connectivity index (χ0v) is 14.8. The molecule has 0 radical (unpaired) electrons. The summed E-state index contributed by atoms with van der Waals surface area (Å²) in [7, 11) is 1.73. The summed E-state index contributed by atoms with van der Waals surface area (Å²) in [6, 6.07) is 1.90. The number of rotatable bonds is 7. The molecule has 0 atom stereocenters. The summed E-state index contributed by atoms with van der Waals surface area (Å²) in [6.07, 6.45) is 0.117. The van der Waals surface area contributed by atoms with Crippen LogP contribution in [0.3, 0.4) is 0 Å². The summed E-state index contributed by atoms with van der Waals surface area (Å²) in [5.74, 6) is 0.0541. The van der Waals surface area contributed by atoms with Gasteiger partial charge in [0.25, 0.3) is 0 Å². The van der Waals surface area contributed by atoms with Gasteiger partial charge in [0.15, 0.2) is 0 Å². The average Bonchev–Trinajstić information content (AvgIpc) is 2.63. The number of aryl methyl sites for hydroxylation is 1. The van der Waals surface area contributed by atoms with Crippen molar-refractivity contribution in [3.63, 3.8) is 0 Å². The van der Waals surface area contributed by atoms with Gasteiger partial charge in [-0.05, 0) is 18.6 Å². The van der Waals surface area contributed by atoms with E-state index in [0.29, 0.717) is 17.1 Å². The number of anilines is 2. The lowest BCUT2D eigenvalue weighted by molar-refractivity contribution is -0.137. The van der Waals surface area contributed by atoms with E-state index in [9.17, 15) is 18.0 Å². The molecule has 1 amide bonds. The average molecular weight is 380 g/mol. The molecule has 2 rings (SSSR count). The molecule has 0 fully saturated rings. The summed E-state index contributed by atoms with van der Waals surface area (Å²) in [5, 5.41) is 7.38. The Labute approximate surface area is 154 Å². The van der Waals surface area contributed by atoms with E-state index >= 15 is 0 Å². The van der Waals surface area contributed by atoms with Crippen molar-refractivity contribution in [3.8, 4) is 0 Å². The number of carbonyl (C=O) groups excluding carboxylic acids is 1. The van der Waals surface area contributed by atoms with E-state index in [1.807, 2.05) is 13.0 Å². The highest BCUT2D eigenvalue weighted by atomic mass is 19.4. The molecule has 144 valence electrons. The van der Waals surface area contributed by atoms with Gasteiger partial charge in [-0.3, -0.25) is 9.78 Å². The fraction of sp³-hybridized carbons (Fsp3) is 0.294. The normalized spacial score (nSPS) is 11.0. The highest BCUT2D eigenvalue weighted by Gasteiger charge is 2.27. The van der Waals surface area contributed by atoms with Crippen LogP contribution in [0.15, 0.2) is 31.2 Å². The summed E-state index contributed by atoms with van der Waals surface area (Å²) >= 11 is 0. The molecule has 27 heavy (non-hydrogen) atoms. The maximum Gasteiger partial charge on any atom is 0.405 e. The van der Waals surface area contributed by atoms with Crippen LogP contribution in [-0.2, 0) is 4.79 Å². The van der Waals surface area contributed by atoms with Crippen LogP contribution in [0.2, 0.25) is 0 Å². The molecule has 0 aromatic carbocycles. The number of hydrogen-bond acceptors (Lipinski definition) is 6. The fourth-order valence-corrected chi connectivity index (χ4v) is 2.17. The van der Waals surface area contributed by atoms with Gasteiger partial charge in [0.05, 0.1) is 24.6 Å². The number of alkyl halides is 3. The SMILES string of the molecule is C=C(c1cncc(NCC(=O)NCC(F)(F)F)n1)c1cc(C)cnc1NC. The minimum atomic E-state index is -4.46. The second-order valence-electron chi connectivity index (χ2n) is 5.67. The lowest BCUT2D eigenvalue weighted by atomic mass is 10.0. The molecule has 0 saturated heterocycles. The Hall–Kier alpha value is -3.17. The third kappa shape index (κ3) is 5.94. The molecular formula is C17H19F3N6O. The standard InChI is InChI=1S/C17H19F3N6O/c1-10-4-12(16(21-3)24-5-10)11(2)13-6-22-7-14(26-13)23-8-15(27)25-9-17(18,19)20/h4-7H,2,8-9H2,1,3H3,(H,21,24)(H,23,26)(H,25,27). The number of hydrogen-bond donors (Lipinski definition) is 3. The number of nitrogens with one attached hydrogen (secondary N) is 3. The number of pyridine rings is 1. The van der Waals surface area contributed by atoms with Crippen LogP contribution in [0.1, 0.15) is 16.8 Å². The first-order valence-electron chi connectivity index (χ1n) is 7.93. The van der Waals surface area contributed by atoms with Crippen molar-refractivity contribution in [1.82, 2.24) is 20.3 Å². The van der Waals surface area contributed by atoms with Crippen molar-refractivity contribution in [2.75, 3.05) is 30.8 Å². The first-order valence-corrected chi connectivity index (χ1v) is 7.93. The van der Waals surface area contributed by atoms with Gasteiger partial charge in [-0.25, -0.2) is 9.97 Å². The molecule has 0 bridgehead atoms. The molecule has 10 heteroatoms. The van der Waals surface area contributed by atoms with Crippen LogP contribution in [0.4, 0.5) is 24.8 Å². The highest BCUT2D eigenvalue weighted by molar-refractivity contribution is 5.83. The fourth-order valence-electron chi connectivity index (χ4n) is 2.17. The number of nitrogens with zero attached hydrogens (tertiary/aromatic N) is 3. The summed E-state index contributed by atoms with van der Waals surface area (Å²) < 4.78 is 36.3. The number of carbonyl (C=O) groups is 1. The lowest BCUT2D eigenvalue weighted by Gasteiger charge is -2.13. The van der Waals surface area contributed by atoms with Gasteiger partial charge in [0.2, 0.25) is 5.91 Å². The molecule has 0 saturated carbocycles. The van der Waals surface area contributed by atoms with Gasteiger partial charge in [-0.1, -0.05) is 6.58 Å². The molecule has 0 spiro atoms. The van der Waals surface area contributed by atoms with Crippen molar-refractivity contribution in [1.29, 1.82) is 0 Å². The second kappa shape index (κ2) is 8.47. The highest BCUT2D eigenvalue weighted by Crippen LogP contribution is 2.26. The first-order chi connectivity index (χ1) is 12.7. The second-order valence-corrected chi connectivity index (χ2v) is 5.67. The Morgan fingerprint density at radius 1 is 1.26 bits per heavy atom. The van der Waals surface area contributed by atoms with Crippen LogP contribution in [0.25, 0.3) is 5.57 Å². The minimum absolute atomic E-state index is 0.238. The molecule has 2 aromatic heterocycles. The van der Waals surface area contributed by atoms with Crippen LogP contribution in [-0.4, -0.2) is 47.2 Å². The van der Waals surface area contributed by atoms with Crippen LogP contribution in [0.5, 0.6) is 0 Å². The molecule has 0 unspecified atom stereocenters. The van der Waals surface area contributed by atoms with Crippen molar-refractivity contribution >= 4 is 23.1 Å². The number of amides is 1. The van der Waals surface area contributed by atoms with E-state index in [2.05, 4.69) is 32.2 Å². The molecule has 3 N–H and O–H groups in total. The van der Waals surface area contributed by atoms with E-state index < -0.39 is 18.6 Å². The van der Waals surface area contributed by atoms with Gasteiger partial charge in [-0.15, -0.1) is 0 Å². The Morgan fingerprint density at radius 3 is 2.67 bits per heavy atom. The first kappa shape index (κ1) is 20.1. The summed E-state index contributed by atoms with van der Waals surface area (Å²) in [5.41, 5.74) is 2.69. The minimum Gasteiger partial charge on any atom is -0.373 e. The van der Waals surface area contributed by atoms with Crippen molar-refractivity contribution in [2.24, 2.45) is 0 Å². The molecule has 7 nitrogen and oxygen atoms in total. The van der Waals surface area contributed by atoms with Gasteiger partial charge >= 0.3 is 6.18 Å². The molecule has 0 aliphatic heterocycles. The van der Waals surface area contributed by atoms with Crippen LogP contribution >= 0.6 is 0 Å². The zero-order chi connectivity index (χ0) is 20.0. The smallest absolute Gasteiger partial charge is 0.373 e. The Balaban J connectivity index is 2.08. The van der Waals surface area contributed by atoms with E-state index in [-0.39, 0.29) is 12.4 Å². The summed E-state index contributed by atoms with van der Waals surface area (Å²) in [4.78, 5) is 24.1. The summed E-state index contributed by atoms with van der Waals surface area (Å²) in [6.45, 7) is 4.17. The van der Waals surface area contributed by atoms with Gasteiger partial charge in [0.1, 0.15) is 18.2 Å².